The van der Waals surface area contributed by atoms with E-state index in [9.17, 15) is 15.0 Å². The topological polar surface area (TPSA) is 76.0 Å². The molecule has 1 aliphatic heterocycles. The van der Waals surface area contributed by atoms with Gasteiger partial charge in [0, 0.05) is 17.8 Å². The largest absolute Gasteiger partial charge is 0.507 e. The van der Waals surface area contributed by atoms with Gasteiger partial charge in [0.05, 0.1) is 30.3 Å². The number of ketones is 1. The standard InChI is InChI=1S/C28H40O5/c1-16(2)20(14-18-13-19(32-8)12-17(3)22(18)30)23(31)24-26(6)10-9-11-27(26,7)28(24)15-21(29)25(4,5)33-28/h12-13,20-21,24,29-30H,1,9-11,14-15H2,2-8H3/t20-,21+,24-,26-,27-,28+/m1/s1. The van der Waals surface area contributed by atoms with E-state index in [1.54, 1.807) is 13.2 Å². The zero-order chi connectivity index (χ0) is 24.6. The van der Waals surface area contributed by atoms with Crippen LogP contribution in [0.15, 0.2) is 24.3 Å². The number of phenols is 1. The molecule has 2 aliphatic carbocycles. The van der Waals surface area contributed by atoms with Crippen molar-refractivity contribution in [3.63, 3.8) is 0 Å². The maximum Gasteiger partial charge on any atom is 0.146 e. The molecule has 0 bridgehead atoms. The van der Waals surface area contributed by atoms with E-state index in [0.717, 1.165) is 30.4 Å². The molecular weight excluding hydrogens is 416 g/mol. The van der Waals surface area contributed by atoms with E-state index in [1.807, 2.05) is 33.8 Å². The van der Waals surface area contributed by atoms with Crippen molar-refractivity contribution in [2.75, 3.05) is 7.11 Å². The van der Waals surface area contributed by atoms with E-state index in [1.165, 1.54) is 0 Å². The van der Waals surface area contributed by atoms with Gasteiger partial charge in [-0.15, -0.1) is 0 Å². The first-order chi connectivity index (χ1) is 15.2. The molecule has 3 fully saturated rings. The number of aryl methyl sites for hydroxylation is 1. The quantitative estimate of drug-likeness (QED) is 0.580. The van der Waals surface area contributed by atoms with Gasteiger partial charge in [0.1, 0.15) is 17.3 Å². The number of benzene rings is 1. The number of hydrogen-bond donors (Lipinski definition) is 2. The number of hydrogen-bond acceptors (Lipinski definition) is 5. The minimum atomic E-state index is -0.688. The molecule has 0 radical (unpaired) electrons. The number of ether oxygens (including phenoxy) is 2. The highest BCUT2D eigenvalue weighted by Gasteiger charge is 2.82. The Balaban J connectivity index is 1.74. The minimum absolute atomic E-state index is 0.120. The molecule has 2 N–H and O–H groups in total. The monoisotopic (exact) mass is 456 g/mol. The predicted octanol–water partition coefficient (Wildman–Crippen LogP) is 5.14. The molecule has 3 aliphatic rings. The number of fused-ring (bicyclic) bond motifs is 2. The highest BCUT2D eigenvalue weighted by atomic mass is 16.6. The Morgan fingerprint density at radius 2 is 1.94 bits per heavy atom. The number of allylic oxidation sites excluding steroid dienone is 1. The van der Waals surface area contributed by atoms with E-state index < -0.39 is 23.2 Å². The first kappa shape index (κ1) is 24.3. The van der Waals surface area contributed by atoms with Crippen LogP contribution in [0, 0.1) is 29.6 Å². The van der Waals surface area contributed by atoms with Crippen LogP contribution in [0.4, 0.5) is 0 Å². The predicted molar refractivity (Wildman–Crippen MR) is 128 cm³/mol. The van der Waals surface area contributed by atoms with Gasteiger partial charge < -0.3 is 19.7 Å². The van der Waals surface area contributed by atoms with Crippen molar-refractivity contribution in [1.29, 1.82) is 0 Å². The first-order valence-corrected chi connectivity index (χ1v) is 12.2. The lowest BCUT2D eigenvalue weighted by Gasteiger charge is -2.70. The minimum Gasteiger partial charge on any atom is -0.507 e. The van der Waals surface area contributed by atoms with Gasteiger partial charge in [0.2, 0.25) is 0 Å². The van der Waals surface area contributed by atoms with Crippen LogP contribution in [0.1, 0.15) is 71.4 Å². The average Bonchev–Trinajstić information content (AvgIpc) is 3.14. The average molecular weight is 457 g/mol. The van der Waals surface area contributed by atoms with Gasteiger partial charge in [0.15, 0.2) is 0 Å². The Bertz CT molecular complexity index is 996. The smallest absolute Gasteiger partial charge is 0.146 e. The van der Waals surface area contributed by atoms with Gasteiger partial charge >= 0.3 is 0 Å². The molecule has 5 heteroatoms. The fourth-order valence-electron chi connectivity index (χ4n) is 7.48. The molecule has 0 aromatic heterocycles. The Hall–Kier alpha value is -1.85. The number of methoxy groups -OCH3 is 1. The highest BCUT2D eigenvalue weighted by molar-refractivity contribution is 5.90. The summed E-state index contributed by atoms with van der Waals surface area (Å²) >= 11 is 0. The van der Waals surface area contributed by atoms with Crippen LogP contribution >= 0.6 is 0 Å². The van der Waals surface area contributed by atoms with Gasteiger partial charge in [-0.3, -0.25) is 4.79 Å². The maximum atomic E-state index is 14.4. The van der Waals surface area contributed by atoms with Gasteiger partial charge in [-0.2, -0.15) is 0 Å². The lowest BCUT2D eigenvalue weighted by molar-refractivity contribution is -0.305. The zero-order valence-electron chi connectivity index (χ0n) is 21.2. The Morgan fingerprint density at radius 1 is 1.27 bits per heavy atom. The van der Waals surface area contributed by atoms with Crippen LogP contribution in [0.3, 0.4) is 0 Å². The van der Waals surface area contributed by atoms with Crippen molar-refractivity contribution in [1.82, 2.24) is 0 Å². The molecule has 1 spiro atoms. The molecule has 2 saturated carbocycles. The molecule has 0 amide bonds. The summed E-state index contributed by atoms with van der Waals surface area (Å²) in [5.41, 5.74) is 0.506. The molecule has 0 unspecified atom stereocenters. The fraction of sp³-hybridized carbons (Fsp3) is 0.679. The van der Waals surface area contributed by atoms with Crippen molar-refractivity contribution in [3.05, 3.63) is 35.4 Å². The van der Waals surface area contributed by atoms with Crippen LogP contribution < -0.4 is 4.74 Å². The van der Waals surface area contributed by atoms with E-state index in [4.69, 9.17) is 9.47 Å². The number of phenolic OH excluding ortho intramolecular Hbond substituents is 1. The number of carbonyl (C=O) groups excluding carboxylic acids is 1. The molecule has 1 aromatic carbocycles. The molecule has 4 rings (SSSR count). The van der Waals surface area contributed by atoms with E-state index >= 15 is 0 Å². The van der Waals surface area contributed by atoms with Crippen LogP contribution in [-0.2, 0) is 16.0 Å². The number of Topliss-reactive ketones (excluding diaryl/α,β-unsaturated/α-hetero) is 1. The van der Waals surface area contributed by atoms with Gasteiger partial charge in [-0.05, 0) is 75.6 Å². The van der Waals surface area contributed by atoms with Crippen LogP contribution in [-0.4, -0.2) is 40.4 Å². The zero-order valence-corrected chi connectivity index (χ0v) is 21.2. The summed E-state index contributed by atoms with van der Waals surface area (Å²) in [6, 6.07) is 3.60. The SMILES string of the molecule is C=C(C)[C@@H](Cc1cc(OC)cc(C)c1O)C(=O)[C@H]1[C@@]2(C[C@H](O)C(C)(C)O2)[C@]2(C)CCC[C@]12C. The number of carbonyl (C=O) groups is 1. The maximum absolute atomic E-state index is 14.4. The van der Waals surface area contributed by atoms with Crippen LogP contribution in [0.5, 0.6) is 11.5 Å². The summed E-state index contributed by atoms with van der Waals surface area (Å²) in [5.74, 6) is 0.214. The Kier molecular flexibility index (Phi) is 5.57. The molecule has 182 valence electrons. The van der Waals surface area contributed by atoms with Crippen molar-refractivity contribution in [2.24, 2.45) is 22.7 Å². The number of aliphatic hydroxyl groups excluding tert-OH is 1. The second kappa shape index (κ2) is 7.58. The van der Waals surface area contributed by atoms with Crippen LogP contribution in [0.25, 0.3) is 0 Å². The molecule has 33 heavy (non-hydrogen) atoms. The molecule has 6 atom stereocenters. The summed E-state index contributed by atoms with van der Waals surface area (Å²) in [4.78, 5) is 14.4. The lowest BCUT2D eigenvalue weighted by Crippen LogP contribution is -2.75. The second-order valence-corrected chi connectivity index (χ2v) is 11.8. The Morgan fingerprint density at radius 3 is 2.48 bits per heavy atom. The molecular formula is C28H40O5. The number of aliphatic hydroxyl groups is 1. The normalized spacial score (nSPS) is 37.5. The van der Waals surface area contributed by atoms with E-state index in [0.29, 0.717) is 24.2 Å². The Labute approximate surface area is 198 Å². The summed E-state index contributed by atoms with van der Waals surface area (Å²) in [6.45, 7) is 16.2. The molecule has 1 heterocycles. The summed E-state index contributed by atoms with van der Waals surface area (Å²) in [6.07, 6.45) is 3.28. The van der Waals surface area contributed by atoms with Crippen molar-refractivity contribution < 1.29 is 24.5 Å². The van der Waals surface area contributed by atoms with Crippen molar-refractivity contribution >= 4 is 5.78 Å². The van der Waals surface area contributed by atoms with Crippen molar-refractivity contribution in [2.45, 2.75) is 91.0 Å². The summed E-state index contributed by atoms with van der Waals surface area (Å²) in [5, 5.41) is 21.6. The number of aromatic hydroxyl groups is 1. The van der Waals surface area contributed by atoms with Gasteiger partial charge in [0.25, 0.3) is 0 Å². The van der Waals surface area contributed by atoms with Crippen LogP contribution in [0.2, 0.25) is 0 Å². The molecule has 1 aromatic rings. The second-order valence-electron chi connectivity index (χ2n) is 11.8. The van der Waals surface area contributed by atoms with Gasteiger partial charge in [-0.25, -0.2) is 0 Å². The lowest BCUT2D eigenvalue weighted by atomic mass is 9.36. The van der Waals surface area contributed by atoms with Crippen molar-refractivity contribution in [3.8, 4) is 11.5 Å². The van der Waals surface area contributed by atoms with E-state index in [2.05, 4.69) is 20.4 Å². The third-order valence-corrected chi connectivity index (χ3v) is 9.65. The molecule has 1 saturated heterocycles. The highest BCUT2D eigenvalue weighted by Crippen LogP contribution is 2.79. The van der Waals surface area contributed by atoms with Gasteiger partial charge in [-0.1, -0.05) is 32.4 Å². The van der Waals surface area contributed by atoms with E-state index in [-0.39, 0.29) is 28.3 Å². The number of rotatable bonds is 6. The first-order valence-electron chi connectivity index (χ1n) is 12.2. The summed E-state index contributed by atoms with van der Waals surface area (Å²) < 4.78 is 12.1. The fourth-order valence-corrected chi connectivity index (χ4v) is 7.48. The third-order valence-electron chi connectivity index (χ3n) is 9.65. The summed E-state index contributed by atoms with van der Waals surface area (Å²) in [7, 11) is 1.60. The third kappa shape index (κ3) is 3.15. The molecule has 5 nitrogen and oxygen atoms in total.